The third-order valence-electron chi connectivity index (χ3n) is 4.18. The van der Waals surface area contributed by atoms with E-state index in [-0.39, 0.29) is 23.0 Å². The normalized spacial score (nSPS) is 13.3. The number of hydrogen-bond donors (Lipinski definition) is 2. The van der Waals surface area contributed by atoms with Gasteiger partial charge in [0.05, 0.1) is 17.1 Å². The molecule has 0 heterocycles. The molecule has 0 atom stereocenters. The van der Waals surface area contributed by atoms with Gasteiger partial charge in [0.15, 0.2) is 0 Å². The number of nitrogens with two attached hydrogens (primary N) is 1. The number of halogens is 1. The van der Waals surface area contributed by atoms with Gasteiger partial charge in [-0.05, 0) is 36.6 Å². The van der Waals surface area contributed by atoms with Crippen LogP contribution in [-0.2, 0) is 11.3 Å². The number of carbonyl (C=O) groups is 2. The smallest absolute Gasteiger partial charge is 0.250 e. The topological polar surface area (TPSA) is 75.4 Å². The fourth-order valence-corrected chi connectivity index (χ4v) is 2.97. The molecule has 0 spiro atoms. The van der Waals surface area contributed by atoms with E-state index < -0.39 is 5.91 Å². The van der Waals surface area contributed by atoms with Crippen molar-refractivity contribution >= 4 is 29.1 Å². The van der Waals surface area contributed by atoms with Crippen molar-refractivity contribution in [3.8, 4) is 0 Å². The maximum atomic E-state index is 12.6. The van der Waals surface area contributed by atoms with Gasteiger partial charge in [-0.2, -0.15) is 0 Å². The van der Waals surface area contributed by atoms with Gasteiger partial charge in [-0.3, -0.25) is 9.59 Å². The summed E-state index contributed by atoms with van der Waals surface area (Å²) in [5, 5.41) is 3.34. The third-order valence-corrected chi connectivity index (χ3v) is 4.49. The van der Waals surface area contributed by atoms with Crippen molar-refractivity contribution in [1.82, 2.24) is 4.90 Å². The Balaban J connectivity index is 1.62. The van der Waals surface area contributed by atoms with E-state index in [0.29, 0.717) is 18.3 Å². The highest BCUT2D eigenvalue weighted by molar-refractivity contribution is 6.34. The Hall–Kier alpha value is -2.53. The highest BCUT2D eigenvalue weighted by Crippen LogP contribution is 2.28. The molecule has 3 N–H and O–H groups in total. The van der Waals surface area contributed by atoms with Gasteiger partial charge in [-0.1, -0.05) is 41.9 Å². The van der Waals surface area contributed by atoms with Gasteiger partial charge in [-0.25, -0.2) is 0 Å². The predicted octanol–water partition coefficient (Wildman–Crippen LogP) is 3.04. The Morgan fingerprint density at radius 3 is 2.48 bits per heavy atom. The average molecular weight is 358 g/mol. The van der Waals surface area contributed by atoms with E-state index in [1.165, 1.54) is 0 Å². The Morgan fingerprint density at radius 2 is 1.88 bits per heavy atom. The van der Waals surface area contributed by atoms with Gasteiger partial charge >= 0.3 is 0 Å². The number of benzene rings is 2. The highest BCUT2D eigenvalue weighted by atomic mass is 35.5. The molecule has 0 unspecified atom stereocenters. The number of hydrogen-bond acceptors (Lipinski definition) is 3. The second-order valence-electron chi connectivity index (χ2n) is 6.15. The first-order valence-electron chi connectivity index (χ1n) is 8.21. The molecular formula is C19H20ClN3O2. The molecule has 5 nitrogen and oxygen atoms in total. The summed E-state index contributed by atoms with van der Waals surface area (Å²) in [5.41, 5.74) is 7.30. The summed E-state index contributed by atoms with van der Waals surface area (Å²) in [6, 6.07) is 15.2. The van der Waals surface area contributed by atoms with E-state index in [2.05, 4.69) is 5.32 Å². The molecule has 3 rings (SSSR count). The minimum Gasteiger partial charge on any atom is -0.376 e. The Labute approximate surface area is 151 Å². The minimum atomic E-state index is -0.574. The molecule has 0 aromatic heterocycles. The lowest BCUT2D eigenvalue weighted by Gasteiger charge is -2.23. The van der Waals surface area contributed by atoms with Crippen LogP contribution < -0.4 is 11.1 Å². The van der Waals surface area contributed by atoms with Gasteiger partial charge in [0.2, 0.25) is 11.8 Å². The summed E-state index contributed by atoms with van der Waals surface area (Å²) in [6.45, 7) is 0.795. The lowest BCUT2D eigenvalue weighted by molar-refractivity contribution is -0.130. The zero-order chi connectivity index (χ0) is 17.8. The monoisotopic (exact) mass is 357 g/mol. The van der Waals surface area contributed by atoms with Crippen LogP contribution in [0.15, 0.2) is 48.5 Å². The molecule has 0 saturated heterocycles. The summed E-state index contributed by atoms with van der Waals surface area (Å²) in [5.74, 6) is -0.531. The van der Waals surface area contributed by atoms with Crippen LogP contribution in [0.1, 0.15) is 28.8 Å². The number of anilines is 1. The van der Waals surface area contributed by atoms with Gasteiger partial charge < -0.3 is 16.0 Å². The average Bonchev–Trinajstić information content (AvgIpc) is 3.43. The van der Waals surface area contributed by atoms with E-state index in [1.807, 2.05) is 35.2 Å². The van der Waals surface area contributed by atoms with E-state index in [0.717, 1.165) is 18.4 Å². The van der Waals surface area contributed by atoms with Crippen molar-refractivity contribution in [1.29, 1.82) is 0 Å². The predicted molar refractivity (Wildman–Crippen MR) is 98.5 cm³/mol. The fraction of sp³-hybridized carbons (Fsp3) is 0.263. The van der Waals surface area contributed by atoms with Crippen LogP contribution in [0.3, 0.4) is 0 Å². The summed E-state index contributed by atoms with van der Waals surface area (Å²) in [7, 11) is 0. The molecule has 2 aromatic rings. The summed E-state index contributed by atoms with van der Waals surface area (Å²) in [6.07, 6.45) is 2.11. The number of primary amides is 1. The van der Waals surface area contributed by atoms with Gasteiger partial charge in [0.25, 0.3) is 0 Å². The van der Waals surface area contributed by atoms with E-state index in [4.69, 9.17) is 17.3 Å². The van der Waals surface area contributed by atoms with Crippen LogP contribution >= 0.6 is 11.6 Å². The van der Waals surface area contributed by atoms with Crippen LogP contribution in [0.2, 0.25) is 5.02 Å². The summed E-state index contributed by atoms with van der Waals surface area (Å²) in [4.78, 5) is 25.7. The van der Waals surface area contributed by atoms with Crippen LogP contribution in [-0.4, -0.2) is 29.3 Å². The van der Waals surface area contributed by atoms with Crippen molar-refractivity contribution < 1.29 is 9.59 Å². The molecule has 1 fully saturated rings. The summed E-state index contributed by atoms with van der Waals surface area (Å²) >= 11 is 6.03. The van der Waals surface area contributed by atoms with Gasteiger partial charge in [0, 0.05) is 18.3 Å². The molecule has 25 heavy (non-hydrogen) atoms. The van der Waals surface area contributed by atoms with Crippen LogP contribution in [0.4, 0.5) is 5.69 Å². The third kappa shape index (κ3) is 4.51. The van der Waals surface area contributed by atoms with Crippen molar-refractivity contribution in [3.05, 3.63) is 64.7 Å². The first-order valence-corrected chi connectivity index (χ1v) is 8.59. The molecule has 130 valence electrons. The molecule has 1 aliphatic carbocycles. The maximum absolute atomic E-state index is 12.6. The van der Waals surface area contributed by atoms with Crippen LogP contribution in [0.5, 0.6) is 0 Å². The van der Waals surface area contributed by atoms with Gasteiger partial charge in [0.1, 0.15) is 0 Å². The number of rotatable bonds is 7. The second-order valence-corrected chi connectivity index (χ2v) is 6.56. The number of nitrogens with zero attached hydrogens (tertiary/aromatic N) is 1. The van der Waals surface area contributed by atoms with Crippen molar-refractivity contribution in [2.75, 3.05) is 11.9 Å². The Bertz CT molecular complexity index is 775. The van der Waals surface area contributed by atoms with Crippen molar-refractivity contribution in [3.63, 3.8) is 0 Å². The zero-order valence-corrected chi connectivity index (χ0v) is 14.5. The van der Waals surface area contributed by atoms with E-state index in [1.54, 1.807) is 18.2 Å². The molecule has 1 aliphatic rings. The second kappa shape index (κ2) is 7.57. The minimum absolute atomic E-state index is 0.0430. The van der Waals surface area contributed by atoms with Crippen LogP contribution in [0, 0.1) is 0 Å². The van der Waals surface area contributed by atoms with Crippen molar-refractivity contribution in [2.45, 2.75) is 25.4 Å². The molecule has 0 aliphatic heterocycles. The largest absolute Gasteiger partial charge is 0.376 e. The standard InChI is InChI=1S/C19H20ClN3O2/c20-17-10-14(6-9-16(17)19(21)25)22-11-18(24)23(15-7-8-15)12-13-4-2-1-3-5-13/h1-6,9-10,15,22H,7-8,11-12H2,(H2,21,25). The number of carbonyl (C=O) groups excluding carboxylic acids is 2. The molecule has 6 heteroatoms. The first kappa shape index (κ1) is 17.3. The van der Waals surface area contributed by atoms with Gasteiger partial charge in [-0.15, -0.1) is 0 Å². The lowest BCUT2D eigenvalue weighted by atomic mass is 10.2. The van der Waals surface area contributed by atoms with Crippen molar-refractivity contribution in [2.24, 2.45) is 5.73 Å². The quantitative estimate of drug-likeness (QED) is 0.799. The Kier molecular flexibility index (Phi) is 5.24. The maximum Gasteiger partial charge on any atom is 0.250 e. The first-order chi connectivity index (χ1) is 12.0. The molecule has 0 bridgehead atoms. The molecule has 1 saturated carbocycles. The molecule has 2 aromatic carbocycles. The number of amides is 2. The molecule has 2 amide bonds. The number of nitrogens with one attached hydrogen (secondary N) is 1. The summed E-state index contributed by atoms with van der Waals surface area (Å²) < 4.78 is 0. The molecular weight excluding hydrogens is 338 g/mol. The fourth-order valence-electron chi connectivity index (χ4n) is 2.69. The van der Waals surface area contributed by atoms with Crippen LogP contribution in [0.25, 0.3) is 0 Å². The molecule has 0 radical (unpaired) electrons. The Morgan fingerprint density at radius 1 is 1.16 bits per heavy atom. The lowest BCUT2D eigenvalue weighted by Crippen LogP contribution is -2.36. The zero-order valence-electron chi connectivity index (χ0n) is 13.7. The van der Waals surface area contributed by atoms with E-state index >= 15 is 0 Å². The SMILES string of the molecule is NC(=O)c1ccc(NCC(=O)N(Cc2ccccc2)C2CC2)cc1Cl. The highest BCUT2D eigenvalue weighted by Gasteiger charge is 2.32. The van der Waals surface area contributed by atoms with E-state index in [9.17, 15) is 9.59 Å².